The van der Waals surface area contributed by atoms with Crippen LogP contribution in [-0.4, -0.2) is 109 Å². The van der Waals surface area contributed by atoms with E-state index in [1.807, 2.05) is 0 Å². The third-order valence-electron chi connectivity index (χ3n) is 6.08. The Hall–Kier alpha value is -0.240. The van der Waals surface area contributed by atoms with Gasteiger partial charge in [-0.1, -0.05) is 0 Å². The number of hydrogen-bond acceptors (Lipinski definition) is 6. The molecule has 3 aliphatic rings. The topological polar surface area (TPSA) is 59.4 Å². The third-order valence-corrected chi connectivity index (χ3v) is 6.08. The Labute approximate surface area is 146 Å². The van der Waals surface area contributed by atoms with Crippen LogP contribution in [0.4, 0.5) is 0 Å². The van der Waals surface area contributed by atoms with Crippen LogP contribution in [0.15, 0.2) is 0 Å². The van der Waals surface area contributed by atoms with E-state index in [2.05, 4.69) is 28.8 Å². The van der Waals surface area contributed by atoms with Crippen molar-refractivity contribution in [1.82, 2.24) is 14.7 Å². The van der Waals surface area contributed by atoms with Crippen molar-refractivity contribution < 1.29 is 14.9 Å². The molecule has 0 amide bonds. The van der Waals surface area contributed by atoms with Gasteiger partial charge in [-0.3, -0.25) is 0 Å². The average Bonchev–Trinajstić information content (AvgIpc) is 2.94. The quantitative estimate of drug-likeness (QED) is 0.671. The molecule has 3 fully saturated rings. The minimum Gasteiger partial charge on any atom is -0.392 e. The summed E-state index contributed by atoms with van der Waals surface area (Å²) in [7, 11) is 4.24. The van der Waals surface area contributed by atoms with Crippen LogP contribution in [0.3, 0.4) is 0 Å². The van der Waals surface area contributed by atoms with Crippen molar-refractivity contribution in [2.75, 3.05) is 66.5 Å². The normalized spacial score (nSPS) is 33.5. The molecule has 0 bridgehead atoms. The van der Waals surface area contributed by atoms with E-state index in [0.717, 1.165) is 65.1 Å². The fourth-order valence-corrected chi connectivity index (χ4v) is 4.32. The zero-order chi connectivity index (χ0) is 17.2. The van der Waals surface area contributed by atoms with Crippen LogP contribution in [0.25, 0.3) is 0 Å². The Morgan fingerprint density at radius 2 is 1.83 bits per heavy atom. The number of rotatable bonds is 7. The maximum absolute atomic E-state index is 11.3. The number of ether oxygens (including phenoxy) is 1. The molecular formula is C18H35N3O3. The Morgan fingerprint density at radius 3 is 2.46 bits per heavy atom. The second-order valence-electron chi connectivity index (χ2n) is 8.35. The molecule has 6 nitrogen and oxygen atoms in total. The standard InChI is InChI=1S/C18H35N3O3/c1-19-7-3-4-17(13-19)24-14-18(23,15-10-20(2)11-15)6-9-21-8-5-16(22)12-21/h15-17,22-23H,3-14H2,1-2H3. The van der Waals surface area contributed by atoms with E-state index < -0.39 is 5.60 Å². The largest absolute Gasteiger partial charge is 0.392 e. The van der Waals surface area contributed by atoms with Gasteiger partial charge in [0.2, 0.25) is 0 Å². The molecule has 0 radical (unpaired) electrons. The Kier molecular flexibility index (Phi) is 6.16. The second-order valence-corrected chi connectivity index (χ2v) is 8.35. The van der Waals surface area contributed by atoms with Crippen LogP contribution in [0.5, 0.6) is 0 Å². The zero-order valence-corrected chi connectivity index (χ0v) is 15.4. The molecule has 3 saturated heterocycles. The van der Waals surface area contributed by atoms with Crippen molar-refractivity contribution in [3.05, 3.63) is 0 Å². The Morgan fingerprint density at radius 1 is 1.04 bits per heavy atom. The van der Waals surface area contributed by atoms with Crippen LogP contribution in [0.2, 0.25) is 0 Å². The highest BCUT2D eigenvalue weighted by molar-refractivity contribution is 4.96. The van der Waals surface area contributed by atoms with Gasteiger partial charge in [0.05, 0.1) is 24.4 Å². The van der Waals surface area contributed by atoms with Gasteiger partial charge in [-0.2, -0.15) is 0 Å². The first-order valence-corrected chi connectivity index (χ1v) is 9.56. The highest BCUT2D eigenvalue weighted by Crippen LogP contribution is 2.31. The molecule has 24 heavy (non-hydrogen) atoms. The maximum Gasteiger partial charge on any atom is 0.0944 e. The van der Waals surface area contributed by atoms with Gasteiger partial charge in [-0.05, 0) is 46.3 Å². The molecule has 0 aromatic rings. The number of aliphatic hydroxyl groups is 2. The lowest BCUT2D eigenvalue weighted by molar-refractivity contribution is -0.148. The molecule has 2 N–H and O–H groups in total. The van der Waals surface area contributed by atoms with E-state index >= 15 is 0 Å². The van der Waals surface area contributed by atoms with Crippen molar-refractivity contribution in [2.45, 2.75) is 43.5 Å². The number of nitrogens with zero attached hydrogens (tertiary/aromatic N) is 3. The third kappa shape index (κ3) is 4.68. The van der Waals surface area contributed by atoms with Gasteiger partial charge in [0.15, 0.2) is 0 Å². The monoisotopic (exact) mass is 341 g/mol. The molecule has 0 aromatic heterocycles. The number of likely N-dealkylation sites (tertiary alicyclic amines) is 3. The van der Waals surface area contributed by atoms with Crippen molar-refractivity contribution in [3.63, 3.8) is 0 Å². The van der Waals surface area contributed by atoms with E-state index in [1.165, 1.54) is 6.42 Å². The number of hydrogen-bond donors (Lipinski definition) is 2. The lowest BCUT2D eigenvalue weighted by Crippen LogP contribution is -2.59. The van der Waals surface area contributed by atoms with Crippen LogP contribution in [0, 0.1) is 5.92 Å². The molecule has 3 heterocycles. The minimum absolute atomic E-state index is 0.193. The van der Waals surface area contributed by atoms with E-state index in [9.17, 15) is 10.2 Å². The predicted molar refractivity (Wildman–Crippen MR) is 94.1 cm³/mol. The molecule has 3 rings (SSSR count). The molecule has 0 aliphatic carbocycles. The first-order chi connectivity index (χ1) is 11.4. The highest BCUT2D eigenvalue weighted by atomic mass is 16.5. The van der Waals surface area contributed by atoms with E-state index in [1.54, 1.807) is 0 Å². The average molecular weight is 341 g/mol. The maximum atomic E-state index is 11.3. The summed E-state index contributed by atoms with van der Waals surface area (Å²) in [4.78, 5) is 6.84. The lowest BCUT2D eigenvalue weighted by Gasteiger charge is -2.47. The SMILES string of the molecule is CN1CCCC(OCC(O)(CCN2CCC(O)C2)C2CN(C)C2)C1. The van der Waals surface area contributed by atoms with Crippen LogP contribution in [-0.2, 0) is 4.74 Å². The summed E-state index contributed by atoms with van der Waals surface area (Å²) in [5.41, 5.74) is -0.740. The molecule has 3 atom stereocenters. The molecule has 0 spiro atoms. The first-order valence-electron chi connectivity index (χ1n) is 9.56. The van der Waals surface area contributed by atoms with Crippen LogP contribution < -0.4 is 0 Å². The summed E-state index contributed by atoms with van der Waals surface area (Å²) < 4.78 is 6.17. The van der Waals surface area contributed by atoms with Crippen molar-refractivity contribution in [2.24, 2.45) is 5.92 Å². The molecular weight excluding hydrogens is 306 g/mol. The summed E-state index contributed by atoms with van der Waals surface area (Å²) >= 11 is 0. The summed E-state index contributed by atoms with van der Waals surface area (Å²) in [5.74, 6) is 0.302. The van der Waals surface area contributed by atoms with E-state index in [0.29, 0.717) is 12.5 Å². The zero-order valence-electron chi connectivity index (χ0n) is 15.4. The molecule has 3 aliphatic heterocycles. The smallest absolute Gasteiger partial charge is 0.0944 e. The van der Waals surface area contributed by atoms with Gasteiger partial charge in [0.25, 0.3) is 0 Å². The minimum atomic E-state index is -0.740. The Balaban J connectivity index is 1.51. The second kappa shape index (κ2) is 7.98. The van der Waals surface area contributed by atoms with Crippen molar-refractivity contribution in [3.8, 4) is 0 Å². The first kappa shape index (κ1) is 18.5. The number of likely N-dealkylation sites (N-methyl/N-ethyl adjacent to an activating group) is 1. The number of aliphatic hydroxyl groups excluding tert-OH is 1. The van der Waals surface area contributed by atoms with E-state index in [-0.39, 0.29) is 12.2 Å². The lowest BCUT2D eigenvalue weighted by atomic mass is 9.80. The van der Waals surface area contributed by atoms with Gasteiger partial charge < -0.3 is 29.6 Å². The van der Waals surface area contributed by atoms with E-state index in [4.69, 9.17) is 4.74 Å². The van der Waals surface area contributed by atoms with Crippen molar-refractivity contribution >= 4 is 0 Å². The molecule has 0 saturated carbocycles. The fraction of sp³-hybridized carbons (Fsp3) is 1.00. The molecule has 140 valence electrons. The molecule has 0 aromatic carbocycles. The number of piperidine rings is 1. The van der Waals surface area contributed by atoms with Gasteiger partial charge in [-0.25, -0.2) is 0 Å². The molecule has 3 unspecified atom stereocenters. The summed E-state index contributed by atoms with van der Waals surface area (Å²) in [6.45, 7) is 7.00. The van der Waals surface area contributed by atoms with Crippen LogP contribution in [0.1, 0.15) is 25.7 Å². The molecule has 6 heteroatoms. The summed E-state index contributed by atoms with van der Waals surface area (Å²) in [5, 5.41) is 21.0. The Bertz CT molecular complexity index is 405. The predicted octanol–water partition coefficient (Wildman–Crippen LogP) is -0.153. The highest BCUT2D eigenvalue weighted by Gasteiger charge is 2.43. The van der Waals surface area contributed by atoms with Crippen LogP contribution >= 0.6 is 0 Å². The summed E-state index contributed by atoms with van der Waals surface area (Å²) in [6.07, 6.45) is 3.93. The van der Waals surface area contributed by atoms with Gasteiger partial charge in [-0.15, -0.1) is 0 Å². The summed E-state index contributed by atoms with van der Waals surface area (Å²) in [6, 6.07) is 0. The number of β-amino-alcohol motifs (C(OH)–C–C–N with tert-alkyl or cyclic N) is 1. The van der Waals surface area contributed by atoms with Gasteiger partial charge in [0, 0.05) is 45.2 Å². The fourth-order valence-electron chi connectivity index (χ4n) is 4.32. The van der Waals surface area contributed by atoms with Gasteiger partial charge in [0.1, 0.15) is 0 Å². The van der Waals surface area contributed by atoms with Gasteiger partial charge >= 0.3 is 0 Å². The van der Waals surface area contributed by atoms with Crippen molar-refractivity contribution in [1.29, 1.82) is 0 Å².